The normalized spacial score (nSPS) is 19.9. The number of aryl methyl sites for hydroxylation is 1. The van der Waals surface area contributed by atoms with Crippen LogP contribution in [0.4, 0.5) is 23.4 Å². The summed E-state index contributed by atoms with van der Waals surface area (Å²) in [6.45, 7) is -0.313. The molecule has 4 rings (SSSR count). The van der Waals surface area contributed by atoms with Gasteiger partial charge in [-0.2, -0.15) is 17.5 Å². The minimum Gasteiger partial charge on any atom is -0.365 e. The summed E-state index contributed by atoms with van der Waals surface area (Å²) in [5, 5.41) is 2.61. The second kappa shape index (κ2) is 8.09. The average Bonchev–Trinajstić information content (AvgIpc) is 3.35. The van der Waals surface area contributed by atoms with Crippen molar-refractivity contribution >= 4 is 15.8 Å². The Morgan fingerprint density at radius 2 is 1.94 bits per heavy atom. The molecule has 1 fully saturated rings. The lowest BCUT2D eigenvalue weighted by Gasteiger charge is -2.20. The fourth-order valence-electron chi connectivity index (χ4n) is 3.49. The zero-order valence-electron chi connectivity index (χ0n) is 16.5. The standard InChI is InChI=1S/C18H17F4N7O2S/c1-28-8-16(26-10-28)32(30,31)29-6-11(17-12(19)3-2-4-23-17)13(7-29)27-15-5-14(18(20,21)22)24-9-25-15/h2-5,8-11,13H,6-7H2,1H3,(H,24,25,27)/t11-,13-/m0/s1. The lowest BCUT2D eigenvalue weighted by molar-refractivity contribution is -0.141. The Balaban J connectivity index is 1.68. The maximum atomic E-state index is 14.5. The Bertz CT molecular complexity index is 1230. The first kappa shape index (κ1) is 22.1. The SMILES string of the molecule is Cn1cnc(S(=O)(=O)N2C[C@H](Nc3cc(C(F)(F)F)ncn3)[C@@H](c3ncccc3F)C2)c1. The maximum absolute atomic E-state index is 14.5. The molecule has 1 saturated heterocycles. The van der Waals surface area contributed by atoms with E-state index in [-0.39, 0.29) is 29.6 Å². The monoisotopic (exact) mass is 471 g/mol. The van der Waals surface area contributed by atoms with Gasteiger partial charge in [0.1, 0.15) is 23.7 Å². The highest BCUT2D eigenvalue weighted by molar-refractivity contribution is 7.89. The van der Waals surface area contributed by atoms with Gasteiger partial charge in [-0.15, -0.1) is 0 Å². The second-order valence-electron chi connectivity index (χ2n) is 7.21. The average molecular weight is 471 g/mol. The summed E-state index contributed by atoms with van der Waals surface area (Å²) in [5.74, 6) is -1.62. The van der Waals surface area contributed by atoms with Gasteiger partial charge in [0.2, 0.25) is 0 Å². The number of hydrogen-bond acceptors (Lipinski definition) is 7. The van der Waals surface area contributed by atoms with Crippen LogP contribution in [0.2, 0.25) is 0 Å². The van der Waals surface area contributed by atoms with Gasteiger partial charge in [0.15, 0.2) is 5.03 Å². The molecular formula is C18H17F4N7O2S. The number of nitrogens with one attached hydrogen (secondary N) is 1. The molecule has 170 valence electrons. The van der Waals surface area contributed by atoms with Crippen molar-refractivity contribution in [2.75, 3.05) is 18.4 Å². The number of imidazole rings is 1. The van der Waals surface area contributed by atoms with Gasteiger partial charge in [-0.05, 0) is 12.1 Å². The van der Waals surface area contributed by atoms with Gasteiger partial charge in [0, 0.05) is 44.5 Å². The Morgan fingerprint density at radius 1 is 1.16 bits per heavy atom. The Morgan fingerprint density at radius 3 is 2.59 bits per heavy atom. The number of pyridine rings is 1. The fourth-order valence-corrected chi connectivity index (χ4v) is 4.95. The third kappa shape index (κ3) is 4.27. The van der Waals surface area contributed by atoms with Crippen molar-refractivity contribution in [3.8, 4) is 0 Å². The molecule has 1 aliphatic heterocycles. The van der Waals surface area contributed by atoms with Crippen LogP contribution < -0.4 is 5.32 Å². The number of rotatable bonds is 5. The molecule has 32 heavy (non-hydrogen) atoms. The summed E-state index contributed by atoms with van der Waals surface area (Å²) >= 11 is 0. The highest BCUT2D eigenvalue weighted by Crippen LogP contribution is 2.34. The Kier molecular flexibility index (Phi) is 5.58. The quantitative estimate of drug-likeness (QED) is 0.568. The minimum atomic E-state index is -4.68. The maximum Gasteiger partial charge on any atom is 0.433 e. The van der Waals surface area contributed by atoms with Crippen LogP contribution >= 0.6 is 0 Å². The first-order valence-corrected chi connectivity index (χ1v) is 10.7. The van der Waals surface area contributed by atoms with E-state index in [1.54, 1.807) is 7.05 Å². The molecule has 4 heterocycles. The van der Waals surface area contributed by atoms with Gasteiger partial charge in [-0.25, -0.2) is 27.8 Å². The molecule has 9 nitrogen and oxygen atoms in total. The number of alkyl halides is 3. The van der Waals surface area contributed by atoms with Crippen molar-refractivity contribution in [3.05, 3.63) is 60.5 Å². The van der Waals surface area contributed by atoms with Crippen molar-refractivity contribution in [1.29, 1.82) is 0 Å². The molecule has 0 radical (unpaired) electrons. The van der Waals surface area contributed by atoms with Crippen LogP contribution in [0, 0.1) is 5.82 Å². The molecular weight excluding hydrogens is 454 g/mol. The molecule has 2 atom stereocenters. The van der Waals surface area contributed by atoms with Gasteiger partial charge in [0.25, 0.3) is 10.0 Å². The lowest BCUT2D eigenvalue weighted by atomic mass is 9.98. The first-order valence-electron chi connectivity index (χ1n) is 9.30. The van der Waals surface area contributed by atoms with Crippen LogP contribution in [0.3, 0.4) is 0 Å². The Labute approximate surface area is 180 Å². The minimum absolute atomic E-state index is 0.00572. The molecule has 0 aromatic carbocycles. The molecule has 14 heteroatoms. The van der Waals surface area contributed by atoms with E-state index < -0.39 is 39.7 Å². The third-order valence-corrected chi connectivity index (χ3v) is 6.72. The number of hydrogen-bond donors (Lipinski definition) is 1. The van der Waals surface area contributed by atoms with Gasteiger partial charge in [-0.3, -0.25) is 4.98 Å². The van der Waals surface area contributed by atoms with Crippen molar-refractivity contribution < 1.29 is 26.0 Å². The van der Waals surface area contributed by atoms with Gasteiger partial charge >= 0.3 is 6.18 Å². The first-order chi connectivity index (χ1) is 15.1. The van der Waals surface area contributed by atoms with Crippen molar-refractivity contribution in [3.63, 3.8) is 0 Å². The van der Waals surface area contributed by atoms with E-state index in [0.29, 0.717) is 6.07 Å². The van der Waals surface area contributed by atoms with E-state index in [1.807, 2.05) is 0 Å². The number of anilines is 1. The Hall–Kier alpha value is -3.13. The zero-order valence-corrected chi connectivity index (χ0v) is 17.3. The van der Waals surface area contributed by atoms with Gasteiger partial charge in [0.05, 0.1) is 18.1 Å². The molecule has 0 unspecified atom stereocenters. The predicted molar refractivity (Wildman–Crippen MR) is 103 cm³/mol. The summed E-state index contributed by atoms with van der Waals surface area (Å²) in [6, 6.07) is 2.47. The number of sulfonamides is 1. The number of halogens is 4. The summed E-state index contributed by atoms with van der Waals surface area (Å²) in [5.41, 5.74) is -1.17. The van der Waals surface area contributed by atoms with E-state index in [4.69, 9.17) is 0 Å². The van der Waals surface area contributed by atoms with E-state index >= 15 is 0 Å². The molecule has 3 aromatic heterocycles. The smallest absolute Gasteiger partial charge is 0.365 e. The molecule has 1 aliphatic rings. The van der Waals surface area contributed by atoms with Crippen LogP contribution in [0.5, 0.6) is 0 Å². The van der Waals surface area contributed by atoms with E-state index in [1.165, 1.54) is 35.4 Å². The van der Waals surface area contributed by atoms with Crippen molar-refractivity contribution in [1.82, 2.24) is 28.8 Å². The molecule has 1 N–H and O–H groups in total. The topological polar surface area (TPSA) is 106 Å². The molecule has 3 aromatic rings. The van der Waals surface area contributed by atoms with Gasteiger partial charge < -0.3 is 9.88 Å². The second-order valence-corrected chi connectivity index (χ2v) is 9.10. The summed E-state index contributed by atoms with van der Waals surface area (Å²) in [4.78, 5) is 14.9. The largest absolute Gasteiger partial charge is 0.433 e. The molecule has 0 spiro atoms. The summed E-state index contributed by atoms with van der Waals surface area (Å²) < 4.78 is 82.1. The molecule has 0 aliphatic carbocycles. The van der Waals surface area contributed by atoms with Crippen molar-refractivity contribution in [2.24, 2.45) is 7.05 Å². The number of aromatic nitrogens is 5. The van der Waals surface area contributed by atoms with E-state index in [0.717, 1.165) is 10.6 Å². The van der Waals surface area contributed by atoms with Crippen LogP contribution in [-0.4, -0.2) is 56.4 Å². The number of nitrogens with zero attached hydrogens (tertiary/aromatic N) is 6. The molecule has 0 bridgehead atoms. The third-order valence-electron chi connectivity index (χ3n) is 5.00. The molecule has 0 amide bonds. The van der Waals surface area contributed by atoms with Crippen molar-refractivity contribution in [2.45, 2.75) is 23.2 Å². The highest BCUT2D eigenvalue weighted by atomic mass is 32.2. The van der Waals surface area contributed by atoms with Gasteiger partial charge in [-0.1, -0.05) is 0 Å². The fraction of sp³-hybridized carbons (Fsp3) is 0.333. The zero-order chi connectivity index (χ0) is 23.1. The van der Waals surface area contributed by atoms with Crippen LogP contribution in [0.25, 0.3) is 0 Å². The van der Waals surface area contributed by atoms with E-state index in [9.17, 15) is 26.0 Å². The summed E-state index contributed by atoms with van der Waals surface area (Å²) in [7, 11) is -2.42. The molecule has 0 saturated carbocycles. The lowest BCUT2D eigenvalue weighted by Crippen LogP contribution is -2.32. The van der Waals surface area contributed by atoms with Crippen LogP contribution in [-0.2, 0) is 23.2 Å². The summed E-state index contributed by atoms with van der Waals surface area (Å²) in [6.07, 6.45) is 0.0766. The predicted octanol–water partition coefficient (Wildman–Crippen LogP) is 2.03. The van der Waals surface area contributed by atoms with Crippen LogP contribution in [0.15, 0.2) is 48.3 Å². The van der Waals surface area contributed by atoms with Crippen LogP contribution in [0.1, 0.15) is 17.3 Å². The van der Waals surface area contributed by atoms with E-state index in [2.05, 4.69) is 25.3 Å². The highest BCUT2D eigenvalue weighted by Gasteiger charge is 2.43.